The van der Waals surface area contributed by atoms with E-state index in [9.17, 15) is 58.8 Å². The third-order valence-corrected chi connectivity index (χ3v) is 21.1. The van der Waals surface area contributed by atoms with E-state index in [2.05, 4.69) is 19.9 Å². The van der Waals surface area contributed by atoms with Crippen LogP contribution in [0, 0.1) is 0 Å². The maximum absolute atomic E-state index is 11.1. The van der Waals surface area contributed by atoms with E-state index in [0.29, 0.717) is 51.4 Å². The van der Waals surface area contributed by atoms with Crippen molar-refractivity contribution in [1.82, 2.24) is 19.9 Å². The number of carbonyl (C=O) groups excluding carboxylic acids is 4. The first-order valence-corrected chi connectivity index (χ1v) is 38.0. The van der Waals surface area contributed by atoms with Crippen LogP contribution in [0.3, 0.4) is 0 Å². The molecular formula is C96H92Cu2N4O18. The van der Waals surface area contributed by atoms with Crippen LogP contribution >= 0.6 is 0 Å². The molecule has 0 bridgehead atoms. The number of hydrogen-bond donors (Lipinski definition) is 4. The summed E-state index contributed by atoms with van der Waals surface area (Å²) in [6, 6.07) is 85.7. The smallest absolute Gasteiger partial charge is 0.550 e. The summed E-state index contributed by atoms with van der Waals surface area (Å²) in [7, 11) is 0. The number of carboxylic acid groups (broad SMARTS) is 8. The number of pyridine rings is 4. The largest absolute Gasteiger partial charge is 2.00 e. The van der Waals surface area contributed by atoms with Crippen LogP contribution in [-0.4, -0.2) is 99.1 Å². The molecule has 4 aliphatic carbocycles. The Morgan fingerprint density at radius 1 is 0.208 bits per heavy atom. The Kier molecular flexibility index (Phi) is 39.6. The minimum Gasteiger partial charge on any atom is -0.550 e. The van der Waals surface area contributed by atoms with Gasteiger partial charge in [0, 0.05) is 121 Å². The van der Waals surface area contributed by atoms with Crippen LogP contribution in [0.2, 0.25) is 0 Å². The van der Waals surface area contributed by atoms with Gasteiger partial charge >= 0.3 is 58.0 Å². The van der Waals surface area contributed by atoms with Gasteiger partial charge in [0.05, 0.1) is 0 Å². The molecule has 0 unspecified atom stereocenters. The van der Waals surface area contributed by atoms with E-state index in [-0.39, 0.29) is 96.5 Å². The van der Waals surface area contributed by atoms with Crippen molar-refractivity contribution in [3.8, 4) is 44.5 Å². The molecule has 2 radical (unpaired) electrons. The van der Waals surface area contributed by atoms with Gasteiger partial charge < -0.3 is 71.0 Å². The Balaban J connectivity index is 0.000000257. The van der Waals surface area contributed by atoms with Crippen LogP contribution in [0.5, 0.6) is 0 Å². The van der Waals surface area contributed by atoms with Crippen molar-refractivity contribution < 1.29 is 124 Å². The number of benzene rings is 8. The topological polar surface area (TPSA) is 424 Å². The number of aliphatic carboxylic acids is 8. The fourth-order valence-corrected chi connectivity index (χ4v) is 16.1. The van der Waals surface area contributed by atoms with Gasteiger partial charge in [-0.05, 0) is 215 Å². The van der Waals surface area contributed by atoms with E-state index in [0.717, 1.165) is 89.0 Å². The summed E-state index contributed by atoms with van der Waals surface area (Å²) in [6.07, 6.45) is 16.5. The molecule has 8 aromatic carbocycles. The van der Waals surface area contributed by atoms with Crippen molar-refractivity contribution in [1.29, 1.82) is 0 Å². The van der Waals surface area contributed by atoms with Crippen LogP contribution in [0.1, 0.15) is 147 Å². The van der Waals surface area contributed by atoms with Crippen molar-refractivity contribution >= 4 is 47.8 Å². The zero-order valence-electron chi connectivity index (χ0n) is 65.4. The Labute approximate surface area is 717 Å². The molecule has 0 fully saturated rings. The average molecular weight is 1720 g/mol. The molecule has 120 heavy (non-hydrogen) atoms. The van der Waals surface area contributed by atoms with Crippen LogP contribution in [0.25, 0.3) is 44.5 Å². The first kappa shape index (κ1) is 97.7. The molecule has 626 valence electrons. The summed E-state index contributed by atoms with van der Waals surface area (Å²) in [5.74, 6) is -7.94. The first-order chi connectivity index (χ1) is 56.2. The predicted octanol–water partition coefficient (Wildman–Crippen LogP) is 12.1. The molecule has 0 saturated carbocycles. The van der Waals surface area contributed by atoms with Crippen molar-refractivity contribution in [2.45, 2.75) is 124 Å². The molecule has 0 saturated heterocycles. The van der Waals surface area contributed by atoms with Crippen molar-refractivity contribution in [3.05, 3.63) is 361 Å². The summed E-state index contributed by atoms with van der Waals surface area (Å²) in [5.41, 5.74) is 14.3. The van der Waals surface area contributed by atoms with Gasteiger partial charge in [-0.3, -0.25) is 39.1 Å². The van der Waals surface area contributed by atoms with Gasteiger partial charge in [-0.15, -0.1) is 0 Å². The van der Waals surface area contributed by atoms with Gasteiger partial charge in [-0.1, -0.05) is 218 Å². The summed E-state index contributed by atoms with van der Waals surface area (Å²) in [4.78, 5) is 104. The number of nitrogens with zero attached hydrogens (tertiary/aromatic N) is 4. The summed E-state index contributed by atoms with van der Waals surface area (Å²) < 4.78 is 0. The molecule has 8 N–H and O–H groups in total. The second kappa shape index (κ2) is 48.7. The summed E-state index contributed by atoms with van der Waals surface area (Å²) in [5, 5.41) is 80.7. The number of carboxylic acids is 8. The third kappa shape index (κ3) is 25.5. The summed E-state index contributed by atoms with van der Waals surface area (Å²) in [6.45, 7) is 0. The van der Waals surface area contributed by atoms with Crippen LogP contribution in [0.15, 0.2) is 316 Å². The van der Waals surface area contributed by atoms with E-state index >= 15 is 0 Å². The first-order valence-electron chi connectivity index (χ1n) is 38.0. The maximum atomic E-state index is 11.1. The van der Waals surface area contributed by atoms with Crippen LogP contribution in [-0.2, 0) is 94.2 Å². The Hall–Kier alpha value is -12.9. The fraction of sp³-hybridized carbons (Fsp3) is 0.208. The molecule has 4 aliphatic rings. The fourth-order valence-electron chi connectivity index (χ4n) is 16.1. The molecule has 16 rings (SSSR count). The third-order valence-electron chi connectivity index (χ3n) is 21.1. The molecule has 4 heterocycles. The van der Waals surface area contributed by atoms with Crippen LogP contribution < -0.4 is 20.4 Å². The van der Waals surface area contributed by atoms with Gasteiger partial charge in [-0.25, -0.2) is 0 Å². The molecular weight excluding hydrogens is 1620 g/mol. The second-order valence-corrected chi connectivity index (χ2v) is 27.9. The SMILES string of the molecule is O.O.O=C([O-])CCC1(CCC(=O)O)c2ccccc2-c2ccccc21.O=C([O-])CCC1(CCC(=O)O)c2ccccc2-c2ccccc21.O=C([O-])CCC1(CCC(=O)O)c2ccccc2-c2ccccc21.O=C([O-])CCC1(CCC(=O)O)c2ccccc2-c2ccccc21.[Cu+2].[Cu+2].c1ccncc1.c1ccncc1.c1ccncc1.c1ccncc1. The Morgan fingerprint density at radius 3 is 0.433 bits per heavy atom. The van der Waals surface area contributed by atoms with E-state index in [1.54, 1.807) is 49.6 Å². The number of aromatic nitrogens is 4. The monoisotopic (exact) mass is 1710 g/mol. The standard InChI is InChI=1S/4C19H18O4.4C5H5N.2Cu.2H2O/c4*20-17(21)9-11-19(12-10-18(22)23)15-7-3-1-5-13(15)14-6-2-4-8-16(14)19;4*1-2-4-6-5-3-1;;;;/h4*1-8H,9-12H2,(H,20,21)(H,22,23);4*1-5H;;;2*1H2/q;;;;;;;;2*+2;;/p-4. The van der Waals surface area contributed by atoms with E-state index in [4.69, 9.17) is 20.4 Å². The van der Waals surface area contributed by atoms with Gasteiger partial charge in [-0.2, -0.15) is 0 Å². The van der Waals surface area contributed by atoms with Gasteiger partial charge in [0.25, 0.3) is 0 Å². The molecule has 0 spiro atoms. The molecule has 12 aromatic rings. The minimum atomic E-state index is -1.11. The van der Waals surface area contributed by atoms with Crippen molar-refractivity contribution in [2.24, 2.45) is 0 Å². The van der Waals surface area contributed by atoms with E-state index in [1.807, 2.05) is 267 Å². The van der Waals surface area contributed by atoms with E-state index < -0.39 is 69.4 Å². The normalized spacial score (nSPS) is 12.4. The van der Waals surface area contributed by atoms with Gasteiger partial charge in [0.15, 0.2) is 0 Å². The minimum absolute atomic E-state index is 0. The second-order valence-electron chi connectivity index (χ2n) is 27.9. The van der Waals surface area contributed by atoms with Crippen molar-refractivity contribution in [3.63, 3.8) is 0 Å². The zero-order valence-corrected chi connectivity index (χ0v) is 67.3. The quantitative estimate of drug-likeness (QED) is 0.0408. The summed E-state index contributed by atoms with van der Waals surface area (Å²) >= 11 is 0. The molecule has 24 heteroatoms. The molecule has 22 nitrogen and oxygen atoms in total. The Bertz CT molecular complexity index is 4240. The molecule has 0 amide bonds. The maximum Gasteiger partial charge on any atom is 2.00 e. The van der Waals surface area contributed by atoms with Gasteiger partial charge in [0.2, 0.25) is 0 Å². The molecule has 0 atom stereocenters. The predicted molar refractivity (Wildman–Crippen MR) is 439 cm³/mol. The molecule has 0 aliphatic heterocycles. The average Bonchev–Trinajstić information content (AvgIpc) is 1.60. The van der Waals surface area contributed by atoms with Gasteiger partial charge in [0.1, 0.15) is 0 Å². The van der Waals surface area contributed by atoms with Crippen LogP contribution in [0.4, 0.5) is 0 Å². The number of rotatable bonds is 24. The number of fused-ring (bicyclic) bond motifs is 12. The molecule has 4 aromatic heterocycles. The van der Waals surface area contributed by atoms with E-state index in [1.165, 1.54) is 0 Å². The number of carbonyl (C=O) groups is 8. The zero-order chi connectivity index (χ0) is 82.8. The number of hydrogen-bond acceptors (Lipinski definition) is 16. The van der Waals surface area contributed by atoms with Crippen molar-refractivity contribution in [2.75, 3.05) is 0 Å². The Morgan fingerprint density at radius 2 is 0.333 bits per heavy atom.